The van der Waals surface area contributed by atoms with Crippen molar-refractivity contribution in [3.8, 4) is 0 Å². The highest BCUT2D eigenvalue weighted by Crippen LogP contribution is 2.38. The van der Waals surface area contributed by atoms with E-state index in [1.807, 2.05) is 30.3 Å². The highest BCUT2D eigenvalue weighted by atomic mass is 16.7. The summed E-state index contributed by atoms with van der Waals surface area (Å²) in [5.74, 6) is -1.09. The third kappa shape index (κ3) is 6.22. The molecule has 0 aromatic heterocycles. The van der Waals surface area contributed by atoms with Gasteiger partial charge in [-0.3, -0.25) is 14.4 Å². The average molecular weight is 541 g/mol. The third-order valence-electron chi connectivity index (χ3n) is 7.04. The standard InChI is InChI=1S/C31H32N4O5/c1-39-31(38)23-12-15-25-26(20-23)33-30(37)27(25)28(21-8-4-2-5-9-21)32-24-13-10-22(11-14-24)29(36)34-40-19-18-35-16-6-3-7-17-35/h2,4-5,8-15,20,32H,3,6-7,16-19H2,1H3,(H,33,37)(H,34,36)/b28-27-. The summed E-state index contributed by atoms with van der Waals surface area (Å²) in [5, 5.41) is 6.23. The van der Waals surface area contributed by atoms with E-state index in [0.29, 0.717) is 45.9 Å². The number of piperidine rings is 1. The number of ether oxygens (including phenoxy) is 1. The maximum absolute atomic E-state index is 13.2. The molecule has 0 unspecified atom stereocenters. The van der Waals surface area contributed by atoms with Crippen LogP contribution in [-0.4, -0.2) is 56.0 Å². The first-order chi connectivity index (χ1) is 19.5. The lowest BCUT2D eigenvalue weighted by Crippen LogP contribution is -2.35. The fourth-order valence-corrected chi connectivity index (χ4v) is 4.93. The Hall–Kier alpha value is -4.47. The number of hydrogen-bond donors (Lipinski definition) is 3. The number of esters is 1. The van der Waals surface area contributed by atoms with E-state index in [2.05, 4.69) is 21.0 Å². The molecule has 3 aromatic rings. The molecule has 2 heterocycles. The van der Waals surface area contributed by atoms with Crippen LogP contribution in [0, 0.1) is 0 Å². The molecule has 206 valence electrons. The molecule has 9 nitrogen and oxygen atoms in total. The second-order valence-electron chi connectivity index (χ2n) is 9.71. The molecule has 0 saturated carbocycles. The summed E-state index contributed by atoms with van der Waals surface area (Å²) in [6.45, 7) is 3.38. The highest BCUT2D eigenvalue weighted by Gasteiger charge is 2.29. The molecular formula is C31H32N4O5. The van der Waals surface area contributed by atoms with Gasteiger partial charge < -0.3 is 20.3 Å². The van der Waals surface area contributed by atoms with Crippen molar-refractivity contribution in [2.75, 3.05) is 44.0 Å². The van der Waals surface area contributed by atoms with Gasteiger partial charge in [0.15, 0.2) is 0 Å². The first kappa shape index (κ1) is 27.1. The number of nitrogens with zero attached hydrogens (tertiary/aromatic N) is 1. The van der Waals surface area contributed by atoms with Crippen LogP contribution in [0.15, 0.2) is 72.8 Å². The van der Waals surface area contributed by atoms with Crippen molar-refractivity contribution in [1.29, 1.82) is 0 Å². The number of nitrogens with one attached hydrogen (secondary N) is 3. The van der Waals surface area contributed by atoms with Crippen molar-refractivity contribution < 1.29 is 24.0 Å². The predicted octanol–water partition coefficient (Wildman–Crippen LogP) is 4.55. The van der Waals surface area contributed by atoms with E-state index in [1.165, 1.54) is 26.4 Å². The van der Waals surface area contributed by atoms with Crippen LogP contribution in [0.2, 0.25) is 0 Å². The Kier molecular flexibility index (Phi) is 8.53. The van der Waals surface area contributed by atoms with E-state index in [4.69, 9.17) is 9.57 Å². The summed E-state index contributed by atoms with van der Waals surface area (Å²) >= 11 is 0. The largest absolute Gasteiger partial charge is 0.465 e. The quantitative estimate of drug-likeness (QED) is 0.158. The second-order valence-corrected chi connectivity index (χ2v) is 9.71. The van der Waals surface area contributed by atoms with Crippen molar-refractivity contribution in [1.82, 2.24) is 10.4 Å². The highest BCUT2D eigenvalue weighted by molar-refractivity contribution is 6.37. The maximum Gasteiger partial charge on any atom is 0.337 e. The van der Waals surface area contributed by atoms with Gasteiger partial charge in [0.1, 0.15) is 0 Å². The van der Waals surface area contributed by atoms with Gasteiger partial charge in [-0.05, 0) is 67.9 Å². The average Bonchev–Trinajstić information content (AvgIpc) is 3.33. The van der Waals surface area contributed by atoms with Gasteiger partial charge in [0.05, 0.1) is 36.2 Å². The van der Waals surface area contributed by atoms with Crippen LogP contribution in [0.3, 0.4) is 0 Å². The molecule has 1 fully saturated rings. The number of likely N-dealkylation sites (tertiary alicyclic amines) is 1. The molecule has 0 aliphatic carbocycles. The fourth-order valence-electron chi connectivity index (χ4n) is 4.93. The van der Waals surface area contributed by atoms with Crippen molar-refractivity contribution in [2.45, 2.75) is 19.3 Å². The van der Waals surface area contributed by atoms with E-state index in [9.17, 15) is 14.4 Å². The first-order valence-electron chi connectivity index (χ1n) is 13.4. The molecule has 3 aromatic carbocycles. The van der Waals surface area contributed by atoms with Gasteiger partial charge in [-0.1, -0.05) is 42.8 Å². The summed E-state index contributed by atoms with van der Waals surface area (Å²) in [7, 11) is 1.31. The Morgan fingerprint density at radius 1 is 0.900 bits per heavy atom. The number of rotatable bonds is 9. The Morgan fingerprint density at radius 2 is 1.62 bits per heavy atom. The minimum Gasteiger partial charge on any atom is -0.465 e. The first-order valence-corrected chi connectivity index (χ1v) is 13.4. The number of methoxy groups -OCH3 is 1. The molecule has 2 aliphatic rings. The van der Waals surface area contributed by atoms with Crippen LogP contribution < -0.4 is 16.1 Å². The van der Waals surface area contributed by atoms with Gasteiger partial charge in [0.25, 0.3) is 11.8 Å². The molecule has 5 rings (SSSR count). The molecule has 9 heteroatoms. The number of carbonyl (C=O) groups is 3. The monoisotopic (exact) mass is 540 g/mol. The van der Waals surface area contributed by atoms with Crippen LogP contribution in [-0.2, 0) is 14.4 Å². The molecule has 1 saturated heterocycles. The van der Waals surface area contributed by atoms with Crippen molar-refractivity contribution >= 4 is 40.4 Å². The minimum absolute atomic E-state index is 0.291. The topological polar surface area (TPSA) is 109 Å². The molecule has 2 aliphatic heterocycles. The smallest absolute Gasteiger partial charge is 0.337 e. The Morgan fingerprint density at radius 3 is 2.35 bits per heavy atom. The number of anilines is 2. The normalized spacial score (nSPS) is 16.1. The molecule has 0 radical (unpaired) electrons. The summed E-state index contributed by atoms with van der Waals surface area (Å²) in [4.78, 5) is 45.5. The van der Waals surface area contributed by atoms with Gasteiger partial charge in [-0.2, -0.15) is 0 Å². The molecule has 3 N–H and O–H groups in total. The van der Waals surface area contributed by atoms with Crippen LogP contribution >= 0.6 is 0 Å². The third-order valence-corrected chi connectivity index (χ3v) is 7.04. The zero-order chi connectivity index (χ0) is 27.9. The SMILES string of the molecule is COC(=O)c1ccc2c(c1)NC(=O)/C2=C(\Nc1ccc(C(=O)NOCCN2CCCCC2)cc1)c1ccccc1. The summed E-state index contributed by atoms with van der Waals surface area (Å²) in [6, 6.07) is 21.4. The lowest BCUT2D eigenvalue weighted by atomic mass is 9.99. The van der Waals surface area contributed by atoms with Crippen LogP contribution in [0.4, 0.5) is 11.4 Å². The van der Waals surface area contributed by atoms with Gasteiger partial charge in [-0.25, -0.2) is 10.3 Å². The fraction of sp³-hybridized carbons (Fsp3) is 0.258. The number of hydroxylamine groups is 1. The van der Waals surface area contributed by atoms with Crippen LogP contribution in [0.5, 0.6) is 0 Å². The van der Waals surface area contributed by atoms with Gasteiger partial charge in [0, 0.05) is 23.4 Å². The van der Waals surface area contributed by atoms with Gasteiger partial charge in [0.2, 0.25) is 0 Å². The lowest BCUT2D eigenvalue weighted by Gasteiger charge is -2.25. The van der Waals surface area contributed by atoms with E-state index in [0.717, 1.165) is 25.2 Å². The number of carbonyl (C=O) groups excluding carboxylic acids is 3. The number of amides is 2. The summed E-state index contributed by atoms with van der Waals surface area (Å²) < 4.78 is 4.81. The van der Waals surface area contributed by atoms with E-state index in [1.54, 1.807) is 42.5 Å². The summed E-state index contributed by atoms with van der Waals surface area (Å²) in [5.41, 5.74) is 7.07. The molecule has 0 atom stereocenters. The van der Waals surface area contributed by atoms with Crippen molar-refractivity contribution in [3.05, 3.63) is 95.1 Å². The maximum atomic E-state index is 13.2. The molecule has 40 heavy (non-hydrogen) atoms. The van der Waals surface area contributed by atoms with E-state index < -0.39 is 5.97 Å². The van der Waals surface area contributed by atoms with E-state index >= 15 is 0 Å². The zero-order valence-corrected chi connectivity index (χ0v) is 22.4. The molecular weight excluding hydrogens is 508 g/mol. The lowest BCUT2D eigenvalue weighted by molar-refractivity contribution is -0.110. The summed E-state index contributed by atoms with van der Waals surface area (Å²) in [6.07, 6.45) is 3.70. The van der Waals surface area contributed by atoms with Gasteiger partial charge >= 0.3 is 5.97 Å². The van der Waals surface area contributed by atoms with E-state index in [-0.39, 0.29) is 11.8 Å². The Bertz CT molecular complexity index is 1410. The Balaban J connectivity index is 1.32. The van der Waals surface area contributed by atoms with Crippen LogP contribution in [0.1, 0.15) is 51.1 Å². The van der Waals surface area contributed by atoms with Crippen LogP contribution in [0.25, 0.3) is 11.3 Å². The number of fused-ring (bicyclic) bond motifs is 1. The zero-order valence-electron chi connectivity index (χ0n) is 22.4. The molecule has 0 bridgehead atoms. The predicted molar refractivity (Wildman–Crippen MR) is 153 cm³/mol. The number of benzene rings is 3. The van der Waals surface area contributed by atoms with Crippen molar-refractivity contribution in [3.63, 3.8) is 0 Å². The Labute approximate surface area is 233 Å². The van der Waals surface area contributed by atoms with Gasteiger partial charge in [-0.15, -0.1) is 0 Å². The second kappa shape index (κ2) is 12.6. The molecule has 0 spiro atoms. The minimum atomic E-state index is -0.479. The molecule has 2 amide bonds. The number of hydrogen-bond acceptors (Lipinski definition) is 7. The van der Waals surface area contributed by atoms with Crippen molar-refractivity contribution in [2.24, 2.45) is 0 Å².